The Kier molecular flexibility index (Phi) is 5.96. The maximum Gasteiger partial charge on any atom is 0.276 e. The number of halogens is 2. The molecule has 33 heavy (non-hydrogen) atoms. The van der Waals surface area contributed by atoms with Crippen LogP contribution in [0.5, 0.6) is 5.75 Å². The maximum absolute atomic E-state index is 13.9. The maximum atomic E-state index is 13.9. The summed E-state index contributed by atoms with van der Waals surface area (Å²) >= 11 is 0. The van der Waals surface area contributed by atoms with Gasteiger partial charge < -0.3 is 19.9 Å². The molecule has 0 spiro atoms. The second-order valence-corrected chi connectivity index (χ2v) is 8.80. The molecule has 1 aromatic carbocycles. The smallest absolute Gasteiger partial charge is 0.276 e. The van der Waals surface area contributed by atoms with Crippen molar-refractivity contribution in [3.8, 4) is 5.75 Å². The Hall–Kier alpha value is -3.27. The predicted octanol–water partition coefficient (Wildman–Crippen LogP) is 2.05. The highest BCUT2D eigenvalue weighted by molar-refractivity contribution is 5.99. The molecule has 0 bridgehead atoms. The van der Waals surface area contributed by atoms with Crippen LogP contribution in [0, 0.1) is 11.6 Å². The Balaban J connectivity index is 1.66. The highest BCUT2D eigenvalue weighted by atomic mass is 19.1. The van der Waals surface area contributed by atoms with Crippen molar-refractivity contribution in [3.63, 3.8) is 0 Å². The first-order valence-corrected chi connectivity index (χ1v) is 10.9. The SMILES string of the molecule is CC(C)N1CC[C@H](C)N2C(=O)c3c(O)c(=O)c(C(=O)NCc4ccc(F)cc4F)cn3C[C@H]12. The summed E-state index contributed by atoms with van der Waals surface area (Å²) in [5.74, 6) is -3.65. The molecule has 0 unspecified atom stereocenters. The molecule has 8 nitrogen and oxygen atoms in total. The van der Waals surface area contributed by atoms with Gasteiger partial charge in [0.1, 0.15) is 23.4 Å². The summed E-state index contributed by atoms with van der Waals surface area (Å²) in [5, 5.41) is 13.0. The lowest BCUT2D eigenvalue weighted by Gasteiger charge is -2.51. The van der Waals surface area contributed by atoms with E-state index in [1.54, 1.807) is 4.90 Å². The lowest BCUT2D eigenvalue weighted by Crippen LogP contribution is -2.65. The first-order chi connectivity index (χ1) is 15.6. The van der Waals surface area contributed by atoms with Gasteiger partial charge in [0.2, 0.25) is 5.43 Å². The van der Waals surface area contributed by atoms with Gasteiger partial charge in [0.25, 0.3) is 11.8 Å². The van der Waals surface area contributed by atoms with Crippen molar-refractivity contribution >= 4 is 11.8 Å². The molecule has 2 aliphatic heterocycles. The number of rotatable bonds is 4. The summed E-state index contributed by atoms with van der Waals surface area (Å²) in [6, 6.07) is 3.06. The highest BCUT2D eigenvalue weighted by Crippen LogP contribution is 2.31. The molecule has 0 saturated carbocycles. The molecule has 10 heteroatoms. The molecule has 176 valence electrons. The summed E-state index contributed by atoms with van der Waals surface area (Å²) < 4.78 is 28.4. The molecule has 0 radical (unpaired) electrons. The van der Waals surface area contributed by atoms with Crippen LogP contribution in [0.1, 0.15) is 53.6 Å². The van der Waals surface area contributed by atoms with Gasteiger partial charge in [-0.3, -0.25) is 19.3 Å². The van der Waals surface area contributed by atoms with Crippen molar-refractivity contribution in [1.82, 2.24) is 19.7 Å². The molecule has 2 amide bonds. The third kappa shape index (κ3) is 3.99. The zero-order chi connectivity index (χ0) is 24.0. The van der Waals surface area contributed by atoms with E-state index in [2.05, 4.69) is 10.2 Å². The Morgan fingerprint density at radius 2 is 2.00 bits per heavy atom. The molecule has 2 N–H and O–H groups in total. The van der Waals surface area contributed by atoms with Gasteiger partial charge in [-0.2, -0.15) is 0 Å². The fourth-order valence-corrected chi connectivity index (χ4v) is 4.62. The summed E-state index contributed by atoms with van der Waals surface area (Å²) in [6.45, 7) is 6.80. The van der Waals surface area contributed by atoms with Gasteiger partial charge in [-0.15, -0.1) is 0 Å². The Morgan fingerprint density at radius 3 is 2.67 bits per heavy atom. The number of aromatic hydroxyl groups is 1. The number of amides is 2. The van der Waals surface area contributed by atoms with Gasteiger partial charge in [0, 0.05) is 43.0 Å². The van der Waals surface area contributed by atoms with Crippen molar-refractivity contribution in [2.45, 2.75) is 58.5 Å². The number of nitrogens with zero attached hydrogens (tertiary/aromatic N) is 3. The number of nitrogens with one attached hydrogen (secondary N) is 1. The minimum absolute atomic E-state index is 0.0432. The number of aromatic nitrogens is 1. The van der Waals surface area contributed by atoms with E-state index in [4.69, 9.17) is 0 Å². The summed E-state index contributed by atoms with van der Waals surface area (Å²) in [7, 11) is 0. The zero-order valence-electron chi connectivity index (χ0n) is 18.6. The predicted molar refractivity (Wildman–Crippen MR) is 116 cm³/mol. The van der Waals surface area contributed by atoms with Crippen LogP contribution in [0.25, 0.3) is 0 Å². The lowest BCUT2D eigenvalue weighted by molar-refractivity contribution is -0.0454. The van der Waals surface area contributed by atoms with Crippen LogP contribution in [-0.4, -0.2) is 56.1 Å². The minimum atomic E-state index is -0.976. The van der Waals surface area contributed by atoms with Crippen LogP contribution in [0.4, 0.5) is 8.78 Å². The Bertz CT molecular complexity index is 1180. The fraction of sp³-hybridized carbons (Fsp3) is 0.435. The average molecular weight is 460 g/mol. The van der Waals surface area contributed by atoms with Crippen LogP contribution in [0.3, 0.4) is 0 Å². The first kappa shape index (κ1) is 22.9. The first-order valence-electron chi connectivity index (χ1n) is 10.9. The van der Waals surface area contributed by atoms with Crippen LogP contribution in [-0.2, 0) is 13.1 Å². The zero-order valence-corrected chi connectivity index (χ0v) is 18.6. The molecule has 1 saturated heterocycles. The van der Waals surface area contributed by atoms with Crippen molar-refractivity contribution in [2.24, 2.45) is 0 Å². The lowest BCUT2D eigenvalue weighted by atomic mass is 10.0. The van der Waals surface area contributed by atoms with Crippen LogP contribution >= 0.6 is 0 Å². The second-order valence-electron chi connectivity index (χ2n) is 8.80. The molecule has 2 aliphatic rings. The molecular formula is C23H26F2N4O4. The summed E-state index contributed by atoms with van der Waals surface area (Å²) in [5.41, 5.74) is -1.44. The van der Waals surface area contributed by atoms with Gasteiger partial charge in [0.15, 0.2) is 11.4 Å². The summed E-state index contributed by atoms with van der Waals surface area (Å²) in [4.78, 5) is 42.6. The highest BCUT2D eigenvalue weighted by Gasteiger charge is 2.44. The van der Waals surface area contributed by atoms with E-state index in [0.29, 0.717) is 6.07 Å². The average Bonchev–Trinajstić information content (AvgIpc) is 2.75. The molecule has 2 aromatic rings. The van der Waals surface area contributed by atoms with E-state index in [0.717, 1.165) is 19.0 Å². The second kappa shape index (κ2) is 8.58. The number of hydrogen-bond donors (Lipinski definition) is 2. The third-order valence-electron chi connectivity index (χ3n) is 6.40. The summed E-state index contributed by atoms with van der Waals surface area (Å²) in [6.07, 6.45) is 1.76. The number of fused-ring (bicyclic) bond motifs is 2. The number of benzene rings is 1. The van der Waals surface area contributed by atoms with Gasteiger partial charge in [-0.1, -0.05) is 6.07 Å². The molecule has 1 fully saturated rings. The van der Waals surface area contributed by atoms with Gasteiger partial charge in [0.05, 0.1) is 6.54 Å². The number of carbonyl (C=O) groups excluding carboxylic acids is 2. The van der Waals surface area contributed by atoms with Gasteiger partial charge >= 0.3 is 0 Å². The monoisotopic (exact) mass is 460 g/mol. The van der Waals surface area contributed by atoms with Crippen molar-refractivity contribution in [1.29, 1.82) is 0 Å². The Labute approximate surface area is 189 Å². The molecule has 2 atom stereocenters. The van der Waals surface area contributed by atoms with E-state index in [1.807, 2.05) is 20.8 Å². The number of hydrogen-bond acceptors (Lipinski definition) is 5. The van der Waals surface area contributed by atoms with Crippen molar-refractivity contribution < 1.29 is 23.5 Å². The topological polar surface area (TPSA) is 94.9 Å². The third-order valence-corrected chi connectivity index (χ3v) is 6.40. The normalized spacial score (nSPS) is 20.5. The van der Waals surface area contributed by atoms with Crippen molar-refractivity contribution in [3.05, 3.63) is 63.1 Å². The quantitative estimate of drug-likeness (QED) is 0.728. The standard InChI is InChI=1S/C23H26F2N4O4/c1-12(2)28-7-6-13(3)29-18(28)11-27-10-16(20(30)21(31)19(27)23(29)33)22(32)26-9-14-4-5-15(24)8-17(14)25/h4-5,8,10,12-13,18,31H,6-7,9,11H2,1-3H3,(H,26,32)/t13-,18+/m0/s1. The Morgan fingerprint density at radius 1 is 1.27 bits per heavy atom. The van der Waals surface area contributed by atoms with E-state index in [1.165, 1.54) is 16.8 Å². The van der Waals surface area contributed by atoms with Crippen molar-refractivity contribution in [2.75, 3.05) is 6.54 Å². The van der Waals surface area contributed by atoms with E-state index in [9.17, 15) is 28.3 Å². The minimum Gasteiger partial charge on any atom is -0.503 e. The molecule has 4 rings (SSSR count). The molecule has 3 heterocycles. The number of pyridine rings is 1. The van der Waals surface area contributed by atoms with Gasteiger partial charge in [-0.05, 0) is 33.3 Å². The molecule has 0 aliphatic carbocycles. The van der Waals surface area contributed by atoms with E-state index < -0.39 is 34.6 Å². The molecule has 1 aromatic heterocycles. The van der Waals surface area contributed by atoms with E-state index in [-0.39, 0.29) is 48.2 Å². The van der Waals surface area contributed by atoms with Gasteiger partial charge in [-0.25, -0.2) is 8.78 Å². The number of carbonyl (C=O) groups is 2. The van der Waals surface area contributed by atoms with Crippen LogP contribution in [0.15, 0.2) is 29.2 Å². The largest absolute Gasteiger partial charge is 0.503 e. The fourth-order valence-electron chi connectivity index (χ4n) is 4.62. The van der Waals surface area contributed by atoms with Crippen LogP contribution in [0.2, 0.25) is 0 Å². The molecular weight excluding hydrogens is 434 g/mol. The van der Waals surface area contributed by atoms with E-state index >= 15 is 0 Å². The van der Waals surface area contributed by atoms with Crippen LogP contribution < -0.4 is 10.7 Å².